The number of sulfonamides is 1. The smallest absolute Gasteiger partial charge is 0.309 e. The molecule has 0 amide bonds. The summed E-state index contributed by atoms with van der Waals surface area (Å²) in [5, 5.41) is 1.73. The molecule has 0 bridgehead atoms. The van der Waals surface area contributed by atoms with E-state index in [9.17, 15) is 18.0 Å². The van der Waals surface area contributed by atoms with E-state index in [0.717, 1.165) is 37.4 Å². The average Bonchev–Trinajstić information content (AvgIpc) is 3.57. The lowest BCUT2D eigenvalue weighted by Crippen LogP contribution is -2.40. The number of ketones is 1. The normalized spacial score (nSPS) is 20.2. The van der Waals surface area contributed by atoms with Crippen LogP contribution in [0.15, 0.2) is 27.8 Å². The molecule has 33 heavy (non-hydrogen) atoms. The molecule has 2 aliphatic rings. The number of nitrogens with zero attached hydrogens (tertiary/aromatic N) is 2. The van der Waals surface area contributed by atoms with Gasteiger partial charge in [-0.1, -0.05) is 6.07 Å². The number of rotatable bonds is 8. The molecule has 0 N–H and O–H groups in total. The van der Waals surface area contributed by atoms with E-state index in [0.29, 0.717) is 22.6 Å². The summed E-state index contributed by atoms with van der Waals surface area (Å²) in [4.78, 5) is 25.3. The quantitative estimate of drug-likeness (QED) is 0.413. The van der Waals surface area contributed by atoms with Gasteiger partial charge in [0.2, 0.25) is 5.78 Å². The number of carbonyl (C=O) groups is 2. The molecule has 2 aromatic heterocycles. The van der Waals surface area contributed by atoms with E-state index in [-0.39, 0.29) is 31.6 Å². The SMILES string of the molecule is Cc1cc(C(=O)COC(=O)C2CCN(S(=O)(=O)c3cccs3)CC2)c(C)n1C[C@@H]1CCCO1. The summed E-state index contributed by atoms with van der Waals surface area (Å²) in [5.41, 5.74) is 2.41. The monoisotopic (exact) mass is 494 g/mol. The Labute approximate surface area is 198 Å². The average molecular weight is 495 g/mol. The van der Waals surface area contributed by atoms with Gasteiger partial charge in [0, 0.05) is 43.2 Å². The number of hydrogen-bond acceptors (Lipinski definition) is 7. The Morgan fingerprint density at radius 3 is 2.61 bits per heavy atom. The number of aryl methyl sites for hydroxylation is 1. The van der Waals surface area contributed by atoms with Gasteiger partial charge in [0.05, 0.1) is 12.0 Å². The van der Waals surface area contributed by atoms with Crippen molar-refractivity contribution in [2.75, 3.05) is 26.3 Å². The van der Waals surface area contributed by atoms with E-state index in [1.54, 1.807) is 17.5 Å². The first kappa shape index (κ1) is 24.1. The molecule has 2 fully saturated rings. The van der Waals surface area contributed by atoms with Gasteiger partial charge in [-0.2, -0.15) is 4.31 Å². The second kappa shape index (κ2) is 10.1. The summed E-state index contributed by atoms with van der Waals surface area (Å²) >= 11 is 1.18. The number of Topliss-reactive ketones (excluding diaryl/α,β-unsaturated/α-hetero) is 1. The van der Waals surface area contributed by atoms with Gasteiger partial charge >= 0.3 is 5.97 Å². The van der Waals surface area contributed by atoms with Crippen LogP contribution < -0.4 is 0 Å². The van der Waals surface area contributed by atoms with Gasteiger partial charge in [-0.25, -0.2) is 8.42 Å². The van der Waals surface area contributed by atoms with Crippen LogP contribution in [0.2, 0.25) is 0 Å². The second-order valence-electron chi connectivity index (χ2n) is 8.67. The fourth-order valence-corrected chi connectivity index (χ4v) is 7.17. The zero-order valence-corrected chi connectivity index (χ0v) is 20.6. The predicted molar refractivity (Wildman–Crippen MR) is 124 cm³/mol. The van der Waals surface area contributed by atoms with Gasteiger partial charge in [-0.3, -0.25) is 9.59 Å². The maximum Gasteiger partial charge on any atom is 0.309 e. The first-order valence-electron chi connectivity index (χ1n) is 11.3. The van der Waals surface area contributed by atoms with E-state index in [2.05, 4.69) is 4.57 Å². The molecule has 1 atom stereocenters. The maximum absolute atomic E-state index is 12.8. The van der Waals surface area contributed by atoms with E-state index in [4.69, 9.17) is 9.47 Å². The van der Waals surface area contributed by atoms with Gasteiger partial charge in [-0.05, 0) is 57.0 Å². The summed E-state index contributed by atoms with van der Waals surface area (Å²) in [6.07, 6.45) is 3.02. The lowest BCUT2D eigenvalue weighted by atomic mass is 9.98. The standard InChI is InChI=1S/C23H30N2O6S2/c1-16-13-20(17(2)25(16)14-19-5-3-11-30-19)21(26)15-31-23(27)18-7-9-24(10-8-18)33(28,29)22-6-4-12-32-22/h4,6,12-13,18-19H,3,5,7-11,14-15H2,1-2H3/t19-/m0/s1. The summed E-state index contributed by atoms with van der Waals surface area (Å²) < 4.78 is 40.1. The molecule has 8 nitrogen and oxygen atoms in total. The van der Waals surface area contributed by atoms with Crippen molar-refractivity contribution in [3.63, 3.8) is 0 Å². The van der Waals surface area contributed by atoms with Crippen LogP contribution in [0.25, 0.3) is 0 Å². The molecule has 0 spiro atoms. The van der Waals surface area contributed by atoms with E-state index in [1.165, 1.54) is 15.6 Å². The van der Waals surface area contributed by atoms with Gasteiger partial charge < -0.3 is 14.0 Å². The first-order valence-corrected chi connectivity index (χ1v) is 13.6. The number of piperidine rings is 1. The van der Waals surface area contributed by atoms with Crippen LogP contribution in [0, 0.1) is 19.8 Å². The molecule has 10 heteroatoms. The predicted octanol–water partition coefficient (Wildman–Crippen LogP) is 3.17. The van der Waals surface area contributed by atoms with Crippen molar-refractivity contribution in [2.45, 2.75) is 56.4 Å². The highest BCUT2D eigenvalue weighted by Gasteiger charge is 2.33. The first-order chi connectivity index (χ1) is 15.8. The van der Waals surface area contributed by atoms with E-state index in [1.807, 2.05) is 19.9 Å². The molecule has 0 saturated carbocycles. The van der Waals surface area contributed by atoms with Crippen LogP contribution in [0.5, 0.6) is 0 Å². The van der Waals surface area contributed by atoms with Gasteiger partial charge in [0.1, 0.15) is 4.21 Å². The number of aromatic nitrogens is 1. The molecule has 0 unspecified atom stereocenters. The highest BCUT2D eigenvalue weighted by atomic mass is 32.2. The number of esters is 1. The van der Waals surface area contributed by atoms with Crippen LogP contribution in [-0.2, 0) is 30.8 Å². The van der Waals surface area contributed by atoms with Crippen LogP contribution in [-0.4, -0.2) is 61.4 Å². The third kappa shape index (κ3) is 5.24. The number of hydrogen-bond donors (Lipinski definition) is 0. The van der Waals surface area contributed by atoms with Crippen molar-refractivity contribution in [3.05, 3.63) is 40.5 Å². The summed E-state index contributed by atoms with van der Waals surface area (Å²) in [7, 11) is -3.51. The van der Waals surface area contributed by atoms with Gasteiger partial charge in [-0.15, -0.1) is 11.3 Å². The Morgan fingerprint density at radius 1 is 1.21 bits per heavy atom. The molecule has 0 aliphatic carbocycles. The highest BCUT2D eigenvalue weighted by molar-refractivity contribution is 7.91. The van der Waals surface area contributed by atoms with Gasteiger partial charge in [0.25, 0.3) is 10.0 Å². The molecule has 2 saturated heterocycles. The Morgan fingerprint density at radius 2 is 1.97 bits per heavy atom. The second-order valence-corrected chi connectivity index (χ2v) is 11.8. The van der Waals surface area contributed by atoms with E-state index < -0.39 is 21.9 Å². The fraction of sp³-hybridized carbons (Fsp3) is 0.565. The number of thiophene rings is 1. The third-order valence-electron chi connectivity index (χ3n) is 6.51. The summed E-state index contributed by atoms with van der Waals surface area (Å²) in [6.45, 7) is 5.58. The topological polar surface area (TPSA) is 94.9 Å². The highest BCUT2D eigenvalue weighted by Crippen LogP contribution is 2.27. The Kier molecular flexibility index (Phi) is 7.37. The summed E-state index contributed by atoms with van der Waals surface area (Å²) in [5.74, 6) is -1.07. The number of carbonyl (C=O) groups excluding carboxylic acids is 2. The van der Waals surface area contributed by atoms with Gasteiger partial charge in [0.15, 0.2) is 6.61 Å². The Hall–Kier alpha value is -2.01. The molecule has 180 valence electrons. The van der Waals surface area contributed by atoms with Crippen molar-refractivity contribution in [3.8, 4) is 0 Å². The lowest BCUT2D eigenvalue weighted by Gasteiger charge is -2.29. The Balaban J connectivity index is 1.29. The van der Waals surface area contributed by atoms with Crippen molar-refractivity contribution in [1.29, 1.82) is 0 Å². The van der Waals surface area contributed by atoms with Crippen molar-refractivity contribution in [2.24, 2.45) is 5.92 Å². The molecule has 2 aromatic rings. The zero-order valence-electron chi connectivity index (χ0n) is 19.0. The third-order valence-corrected chi connectivity index (χ3v) is 9.78. The minimum absolute atomic E-state index is 0.171. The molecular formula is C23H30N2O6S2. The van der Waals surface area contributed by atoms with Crippen molar-refractivity contribution in [1.82, 2.24) is 8.87 Å². The molecule has 0 aromatic carbocycles. The number of ether oxygens (including phenoxy) is 2. The summed E-state index contributed by atoms with van der Waals surface area (Å²) in [6, 6.07) is 5.14. The molecule has 4 rings (SSSR count). The van der Waals surface area contributed by atoms with Crippen LogP contribution in [0.3, 0.4) is 0 Å². The zero-order chi connectivity index (χ0) is 23.6. The fourth-order valence-electron chi connectivity index (χ4n) is 4.56. The van der Waals surface area contributed by atoms with Crippen molar-refractivity contribution < 1.29 is 27.5 Å². The van der Waals surface area contributed by atoms with Crippen LogP contribution in [0.4, 0.5) is 0 Å². The largest absolute Gasteiger partial charge is 0.457 e. The van der Waals surface area contributed by atoms with Crippen LogP contribution in [0.1, 0.15) is 47.4 Å². The van der Waals surface area contributed by atoms with Crippen LogP contribution >= 0.6 is 11.3 Å². The molecular weight excluding hydrogens is 464 g/mol. The molecule has 2 aliphatic heterocycles. The molecule has 4 heterocycles. The van der Waals surface area contributed by atoms with E-state index >= 15 is 0 Å². The molecule has 0 radical (unpaired) electrons. The maximum atomic E-state index is 12.8. The minimum atomic E-state index is -3.51. The minimum Gasteiger partial charge on any atom is -0.457 e. The Bertz CT molecular complexity index is 1090. The lowest BCUT2D eigenvalue weighted by molar-refractivity contribution is -0.148. The van der Waals surface area contributed by atoms with Crippen molar-refractivity contribution >= 4 is 33.1 Å².